The smallest absolute Gasteiger partial charge is 0.748 e. The van der Waals surface area contributed by atoms with Crippen molar-refractivity contribution in [3.8, 4) is 0 Å². The number of amides is 1. The number of allylic oxidation sites excluding steroid dienone is 8. The Labute approximate surface area is 523 Å². The van der Waals surface area contributed by atoms with E-state index in [4.69, 9.17) is 17.7 Å². The van der Waals surface area contributed by atoms with Crippen LogP contribution in [0, 0.1) is 17.7 Å². The largest absolute Gasteiger partial charge is 1.00 e. The number of halogens is 2. The van der Waals surface area contributed by atoms with Gasteiger partial charge in [0.2, 0.25) is 0 Å². The van der Waals surface area contributed by atoms with E-state index < -0.39 is 97.3 Å². The fraction of sp³-hybridized carbons (Fsp3) is 0.431. The van der Waals surface area contributed by atoms with Gasteiger partial charge in [0.05, 0.1) is 30.7 Å². The molecule has 0 bridgehead atoms. The first-order chi connectivity index (χ1) is 34.9. The van der Waals surface area contributed by atoms with Crippen LogP contribution in [0.1, 0.15) is 125 Å². The van der Waals surface area contributed by atoms with E-state index in [0.717, 1.165) is 29.1 Å². The Hall–Kier alpha value is -2.76. The number of rotatable bonds is 22. The van der Waals surface area contributed by atoms with E-state index in [9.17, 15) is 48.5 Å². The molecule has 0 aromatic heterocycles. The molecule has 0 atom stereocenters. The number of carbonyl (C=O) groups excluding carboxylic acids is 1. The van der Waals surface area contributed by atoms with E-state index in [0.29, 0.717) is 79.6 Å². The third kappa shape index (κ3) is 19.4. The number of unbranched alkanes of at least 4 members (excludes halogenated alkanes) is 4. The van der Waals surface area contributed by atoms with Gasteiger partial charge in [0.15, 0.2) is 5.71 Å². The van der Waals surface area contributed by atoms with Gasteiger partial charge >= 0.3 is 105 Å². The van der Waals surface area contributed by atoms with Crippen LogP contribution < -0.4 is 98.9 Å². The number of carboxylic acid groups (broad SMARTS) is 1. The monoisotopic (exact) mass is 1190 g/mol. The molecule has 0 saturated carbocycles. The van der Waals surface area contributed by atoms with E-state index >= 15 is 8.78 Å². The molecule has 0 radical (unpaired) electrons. The summed E-state index contributed by atoms with van der Waals surface area (Å²) in [5.41, 5.74) is 3.23. The van der Waals surface area contributed by atoms with Gasteiger partial charge in [0.25, 0.3) is 5.91 Å². The molecule has 78 heavy (non-hydrogen) atoms. The molecular formula is C51H58F2N3Na3O15S4. The molecule has 0 spiro atoms. The van der Waals surface area contributed by atoms with Crippen LogP contribution in [0.25, 0.3) is 5.57 Å². The predicted octanol–water partition coefficient (Wildman–Crippen LogP) is -2.12. The van der Waals surface area contributed by atoms with Crippen LogP contribution in [0.2, 0.25) is 0 Å². The molecule has 3 aromatic carbocycles. The summed E-state index contributed by atoms with van der Waals surface area (Å²) in [6.07, 6.45) is 10.5. The molecule has 2 N–H and O–H groups in total. The maximum Gasteiger partial charge on any atom is 1.00 e. The van der Waals surface area contributed by atoms with Gasteiger partial charge in [-0.1, -0.05) is 51.8 Å². The van der Waals surface area contributed by atoms with Crippen LogP contribution in [0.5, 0.6) is 0 Å². The zero-order chi connectivity index (χ0) is 55.7. The van der Waals surface area contributed by atoms with Crippen molar-refractivity contribution in [3.63, 3.8) is 0 Å². The predicted molar refractivity (Wildman–Crippen MR) is 271 cm³/mol. The van der Waals surface area contributed by atoms with Gasteiger partial charge in [-0.15, -0.1) is 18.7 Å². The Kier molecular flexibility index (Phi) is 27.9. The quantitative estimate of drug-likeness (QED) is 0.0358. The van der Waals surface area contributed by atoms with E-state index in [-0.39, 0.29) is 139 Å². The van der Waals surface area contributed by atoms with Crippen LogP contribution in [-0.2, 0) is 56.6 Å². The zero-order valence-corrected chi connectivity index (χ0v) is 54.0. The summed E-state index contributed by atoms with van der Waals surface area (Å²) in [7, 11) is -16.9. The molecular weight excluding hydrogens is 1130 g/mol. The molecule has 3 aliphatic rings. The molecule has 0 saturated heterocycles. The minimum absolute atomic E-state index is 0. The van der Waals surface area contributed by atoms with Crippen molar-refractivity contribution in [3.05, 3.63) is 130 Å². The van der Waals surface area contributed by atoms with Gasteiger partial charge in [0.1, 0.15) is 34.0 Å². The minimum Gasteiger partial charge on any atom is -0.748 e. The van der Waals surface area contributed by atoms with Gasteiger partial charge in [-0.2, -0.15) is 18.2 Å². The number of benzene rings is 3. The molecule has 6 rings (SSSR count). The summed E-state index contributed by atoms with van der Waals surface area (Å²) in [5, 5.41) is 11.6. The summed E-state index contributed by atoms with van der Waals surface area (Å²) in [6.45, 7) is 8.35. The van der Waals surface area contributed by atoms with Crippen LogP contribution in [-0.4, -0.2) is 110 Å². The number of carboxylic acids is 1. The number of hydrogen-bond acceptors (Lipinski definition) is 15. The van der Waals surface area contributed by atoms with Crippen molar-refractivity contribution in [2.45, 2.75) is 114 Å². The molecule has 2 heterocycles. The second kappa shape index (κ2) is 30.5. The van der Waals surface area contributed by atoms with Gasteiger partial charge < -0.3 is 29.0 Å². The molecule has 408 valence electrons. The van der Waals surface area contributed by atoms with Crippen LogP contribution in [0.4, 0.5) is 20.2 Å². The fourth-order valence-electron chi connectivity index (χ4n) is 9.72. The molecule has 1 aliphatic carbocycles. The molecule has 27 heteroatoms. The van der Waals surface area contributed by atoms with Crippen LogP contribution >= 0.6 is 0 Å². The first-order valence-electron chi connectivity index (χ1n) is 23.9. The molecule has 1 amide bonds. The Bertz CT molecular complexity index is 3320. The van der Waals surface area contributed by atoms with Crippen molar-refractivity contribution in [2.75, 3.05) is 36.0 Å². The number of nitrogens with one attached hydrogen (secondary N) is 1. The zero-order valence-electron chi connectivity index (χ0n) is 44.7. The van der Waals surface area contributed by atoms with Crippen molar-refractivity contribution in [1.82, 2.24) is 5.32 Å². The number of hydrogen-bond donors (Lipinski definition) is 2. The minimum atomic E-state index is -4.87. The van der Waals surface area contributed by atoms with Crippen LogP contribution in [0.3, 0.4) is 0 Å². The first kappa shape index (κ1) is 71.3. The summed E-state index contributed by atoms with van der Waals surface area (Å²) in [4.78, 5) is 25.5. The average Bonchev–Trinajstić information content (AvgIpc) is 3.65. The molecule has 0 unspecified atom stereocenters. The molecule has 2 aliphatic heterocycles. The summed E-state index contributed by atoms with van der Waals surface area (Å²) in [5.74, 6) is -4.81. The van der Waals surface area contributed by atoms with Gasteiger partial charge in [-0.05, 0) is 110 Å². The van der Waals surface area contributed by atoms with Crippen molar-refractivity contribution in [1.29, 1.82) is 0 Å². The summed E-state index contributed by atoms with van der Waals surface area (Å²) < 4.78 is 166. The molecule has 0 fully saturated rings. The van der Waals surface area contributed by atoms with E-state index in [1.165, 1.54) is 18.2 Å². The number of fused-ring (bicyclic) bond motifs is 2. The Balaban J connectivity index is 0.00000287. The summed E-state index contributed by atoms with van der Waals surface area (Å²) >= 11 is 0. The third-order valence-electron chi connectivity index (χ3n) is 13.3. The van der Waals surface area contributed by atoms with Gasteiger partial charge in [-0.25, -0.2) is 38.6 Å². The Morgan fingerprint density at radius 3 is 2.00 bits per heavy atom. The number of nitrogens with zero attached hydrogens (tertiary/aromatic N) is 2. The standard InChI is InChI=1S/C51H61F2N3O12S3.3Na.O3S/c1-50(2)38-17-7-8-18-42(38)55(27-10-12-29-69(60,61)62)44(50)24-20-34-15-14-16-35(47(34)48-40(52)31-36(32-41(48)53)49(59)54-26-9-5-6-19-46(57)58)21-25-45-51(3,4)39-33-37(71(66,67)68)22-23-43(39)56(45)28-11-13-30-70(63,64)65;;;;1-4(2)3/h8,17-18,20-25,31-33H,5-6,9-16,19,26-30H2,1-4H3,(H,54,59)(H,57,58)(H,60,61,62)(H,63,64,65)(H,66,67,68);;;;/q;3*+1;/p-3. The topological polar surface area (TPSA) is 295 Å². The number of anilines is 1. The fourth-order valence-corrected chi connectivity index (χ4v) is 11.3. The second-order valence-corrected chi connectivity index (χ2v) is 24.1. The van der Waals surface area contributed by atoms with Crippen molar-refractivity contribution in [2.24, 2.45) is 0 Å². The van der Waals surface area contributed by atoms with Crippen molar-refractivity contribution < 1.29 is 168 Å². The summed E-state index contributed by atoms with van der Waals surface area (Å²) in [6, 6.07) is 14.5. The number of aliphatic carboxylic acids is 1. The Morgan fingerprint density at radius 1 is 0.795 bits per heavy atom. The molecule has 3 aromatic rings. The number of carbonyl (C=O) groups is 2. The van der Waals surface area contributed by atoms with Crippen molar-refractivity contribution >= 4 is 75.5 Å². The second-order valence-electron chi connectivity index (χ2n) is 19.3. The van der Waals surface area contributed by atoms with E-state index in [2.05, 4.69) is 11.4 Å². The van der Waals surface area contributed by atoms with Gasteiger partial charge in [0, 0.05) is 71.3 Å². The maximum atomic E-state index is 16.8. The SMILES string of the molecule is CC1(C)C(=CC=C2CCCC(C=CC3=[N+](CCCCS(=O)(=O)[O-])c4cc[c-]cc4C3(C)C)=C2c2c(F)cc(C(=O)NCCCCCC(=O)O)cc2F)N(CCCCS(=O)(=O)[O-])c2ccc(S(=O)(=O)[O-])cc21.O=S(=O)=O.[Na+].[Na+].[Na+]. The maximum absolute atomic E-state index is 16.8. The normalized spacial score (nSPS) is 16.7. The third-order valence-corrected chi connectivity index (χ3v) is 15.7. The first-order valence-corrected chi connectivity index (χ1v) is 29.5. The van der Waals surface area contributed by atoms with E-state index in [1.54, 1.807) is 24.3 Å². The van der Waals surface area contributed by atoms with Gasteiger partial charge in [-0.3, -0.25) is 9.59 Å². The molecule has 18 nitrogen and oxygen atoms in total. The Morgan fingerprint density at radius 2 is 1.41 bits per heavy atom. The average molecular weight is 1190 g/mol. The van der Waals surface area contributed by atoms with Crippen LogP contribution in [0.15, 0.2) is 94.6 Å². The van der Waals surface area contributed by atoms with E-state index in [1.807, 2.05) is 55.4 Å².